The molecule has 0 spiro atoms. The molecular weight excluding hydrogens is 436 g/mol. The first-order chi connectivity index (χ1) is 15.2. The van der Waals surface area contributed by atoms with Crippen molar-refractivity contribution in [1.29, 1.82) is 0 Å². The number of aryl methyl sites for hydroxylation is 1. The van der Waals surface area contributed by atoms with Crippen LogP contribution in [0.15, 0.2) is 77.7 Å². The summed E-state index contributed by atoms with van der Waals surface area (Å²) < 4.78 is 32.2. The number of nitrogens with one attached hydrogen (secondary N) is 1. The third kappa shape index (κ3) is 5.55. The largest absolute Gasteiger partial charge is 0.454 e. The molecule has 0 atom stereocenters. The summed E-state index contributed by atoms with van der Waals surface area (Å²) in [5.41, 5.74) is 1.08. The van der Waals surface area contributed by atoms with Crippen LogP contribution in [0.1, 0.15) is 26.3 Å². The zero-order chi connectivity index (χ0) is 23.3. The van der Waals surface area contributed by atoms with E-state index in [9.17, 15) is 28.1 Å². The number of hydrogen-bond donors (Lipinski definition) is 1. The average Bonchev–Trinajstić information content (AvgIpc) is 2.78. The summed E-state index contributed by atoms with van der Waals surface area (Å²) in [5, 5.41) is 10.8. The van der Waals surface area contributed by atoms with Crippen LogP contribution in [0.2, 0.25) is 0 Å². The van der Waals surface area contributed by atoms with E-state index in [-0.39, 0.29) is 27.4 Å². The van der Waals surface area contributed by atoms with Crippen molar-refractivity contribution in [1.82, 2.24) is 0 Å². The van der Waals surface area contributed by atoms with Crippen molar-refractivity contribution in [3.05, 3.63) is 99.6 Å². The molecule has 0 aliphatic heterocycles. The van der Waals surface area contributed by atoms with Crippen LogP contribution >= 0.6 is 0 Å². The van der Waals surface area contributed by atoms with Crippen LogP contribution in [0.3, 0.4) is 0 Å². The smallest absolute Gasteiger partial charge is 0.338 e. The number of nitro groups is 1. The van der Waals surface area contributed by atoms with Crippen LogP contribution in [0, 0.1) is 17.0 Å². The van der Waals surface area contributed by atoms with Crippen LogP contribution in [0.5, 0.6) is 0 Å². The van der Waals surface area contributed by atoms with E-state index in [1.807, 2.05) is 6.92 Å². The Morgan fingerprint density at radius 3 is 2.25 bits per heavy atom. The van der Waals surface area contributed by atoms with Crippen LogP contribution in [-0.2, 0) is 14.8 Å². The lowest BCUT2D eigenvalue weighted by atomic mass is 10.1. The second kappa shape index (κ2) is 9.40. The van der Waals surface area contributed by atoms with Crippen LogP contribution < -0.4 is 4.72 Å². The molecule has 0 unspecified atom stereocenters. The van der Waals surface area contributed by atoms with E-state index in [1.165, 1.54) is 54.6 Å². The SMILES string of the molecule is Cc1ccc(S(=O)(=O)Nc2ccc(C(=O)COC(=O)c3cccc([N+](=O)[O-])c3)cc2)cc1. The van der Waals surface area contributed by atoms with Crippen molar-refractivity contribution >= 4 is 33.2 Å². The molecule has 1 N–H and O–H groups in total. The van der Waals surface area contributed by atoms with Crippen molar-refractivity contribution in [2.24, 2.45) is 0 Å². The third-order valence-electron chi connectivity index (χ3n) is 4.42. The van der Waals surface area contributed by atoms with Crippen LogP contribution in [-0.4, -0.2) is 31.7 Å². The highest BCUT2D eigenvalue weighted by Crippen LogP contribution is 2.18. The number of esters is 1. The number of anilines is 1. The number of ketones is 1. The third-order valence-corrected chi connectivity index (χ3v) is 5.81. The number of non-ortho nitro benzene ring substituents is 1. The van der Waals surface area contributed by atoms with Gasteiger partial charge in [0.25, 0.3) is 15.7 Å². The van der Waals surface area contributed by atoms with Crippen LogP contribution in [0.4, 0.5) is 11.4 Å². The number of carbonyl (C=O) groups excluding carboxylic acids is 2. The molecule has 10 heteroatoms. The molecule has 9 nitrogen and oxygen atoms in total. The van der Waals surface area contributed by atoms with Gasteiger partial charge in [-0.1, -0.05) is 23.8 Å². The molecule has 0 heterocycles. The number of benzene rings is 3. The highest BCUT2D eigenvalue weighted by atomic mass is 32.2. The van der Waals surface area contributed by atoms with Gasteiger partial charge in [0.1, 0.15) is 0 Å². The molecule has 0 aliphatic rings. The molecule has 0 bridgehead atoms. The number of rotatable bonds is 8. The topological polar surface area (TPSA) is 133 Å². The Morgan fingerprint density at radius 2 is 1.62 bits per heavy atom. The monoisotopic (exact) mass is 454 g/mol. The fraction of sp³-hybridized carbons (Fsp3) is 0.0909. The normalized spacial score (nSPS) is 10.9. The lowest BCUT2D eigenvalue weighted by molar-refractivity contribution is -0.384. The van der Waals surface area contributed by atoms with Crippen molar-refractivity contribution in [2.75, 3.05) is 11.3 Å². The fourth-order valence-corrected chi connectivity index (χ4v) is 3.76. The molecule has 0 saturated heterocycles. The summed E-state index contributed by atoms with van der Waals surface area (Å²) in [6.45, 7) is 1.27. The second-order valence-corrected chi connectivity index (χ2v) is 8.49. The fourth-order valence-electron chi connectivity index (χ4n) is 2.70. The van der Waals surface area contributed by atoms with Gasteiger partial charge in [-0.15, -0.1) is 0 Å². The maximum Gasteiger partial charge on any atom is 0.338 e. The predicted octanol–water partition coefficient (Wildman–Crippen LogP) is 3.74. The number of nitro benzene ring substituents is 1. The van der Waals surface area contributed by atoms with Gasteiger partial charge < -0.3 is 4.74 Å². The van der Waals surface area contributed by atoms with Crippen molar-refractivity contribution in [2.45, 2.75) is 11.8 Å². The molecular formula is C22H18N2O7S. The van der Waals surface area contributed by atoms with E-state index >= 15 is 0 Å². The molecule has 0 saturated carbocycles. The molecule has 164 valence electrons. The summed E-state index contributed by atoms with van der Waals surface area (Å²) >= 11 is 0. The molecule has 3 aromatic rings. The summed E-state index contributed by atoms with van der Waals surface area (Å²) in [7, 11) is -3.78. The summed E-state index contributed by atoms with van der Waals surface area (Å²) in [4.78, 5) is 34.6. The van der Waals surface area contributed by atoms with Gasteiger partial charge in [0.05, 0.1) is 15.4 Å². The van der Waals surface area contributed by atoms with Crippen LogP contribution in [0.25, 0.3) is 0 Å². The van der Waals surface area contributed by atoms with Crippen molar-refractivity contribution in [3.63, 3.8) is 0 Å². The van der Waals surface area contributed by atoms with E-state index in [4.69, 9.17) is 4.74 Å². The first kappa shape index (κ1) is 22.6. The van der Waals surface area contributed by atoms with Gasteiger partial charge in [0.2, 0.25) is 0 Å². The van der Waals surface area contributed by atoms with Gasteiger partial charge in [-0.05, 0) is 49.4 Å². The number of hydrogen-bond acceptors (Lipinski definition) is 7. The minimum absolute atomic E-state index is 0.0483. The van der Waals surface area contributed by atoms with Gasteiger partial charge in [-0.25, -0.2) is 13.2 Å². The molecule has 0 radical (unpaired) electrons. The predicted molar refractivity (Wildman–Crippen MR) is 116 cm³/mol. The van der Waals surface area contributed by atoms with E-state index in [2.05, 4.69) is 4.72 Å². The highest BCUT2D eigenvalue weighted by molar-refractivity contribution is 7.92. The Kier molecular flexibility index (Phi) is 6.64. The number of sulfonamides is 1. The Balaban J connectivity index is 1.61. The Hall–Kier alpha value is -4.05. The minimum atomic E-state index is -3.78. The number of ether oxygens (including phenoxy) is 1. The van der Waals surface area contributed by atoms with E-state index in [0.29, 0.717) is 0 Å². The lowest BCUT2D eigenvalue weighted by Gasteiger charge is -2.09. The molecule has 3 aromatic carbocycles. The number of nitrogens with zero attached hydrogens (tertiary/aromatic N) is 1. The molecule has 3 rings (SSSR count). The Labute approximate surface area is 183 Å². The molecule has 32 heavy (non-hydrogen) atoms. The summed E-state index contributed by atoms with van der Waals surface area (Å²) in [5.74, 6) is -1.39. The second-order valence-electron chi connectivity index (χ2n) is 6.80. The van der Waals surface area contributed by atoms with E-state index in [1.54, 1.807) is 12.1 Å². The van der Waals surface area contributed by atoms with Crippen molar-refractivity contribution in [3.8, 4) is 0 Å². The maximum absolute atomic E-state index is 12.4. The summed E-state index contributed by atoms with van der Waals surface area (Å²) in [6, 6.07) is 17.0. The maximum atomic E-state index is 12.4. The molecule has 0 fully saturated rings. The quantitative estimate of drug-likeness (QED) is 0.237. The molecule has 0 aliphatic carbocycles. The Bertz CT molecular complexity index is 1270. The van der Waals surface area contributed by atoms with Gasteiger partial charge in [-0.2, -0.15) is 0 Å². The van der Waals surface area contributed by atoms with Gasteiger partial charge in [0, 0.05) is 23.4 Å². The Morgan fingerprint density at radius 1 is 0.969 bits per heavy atom. The standard InChI is InChI=1S/C22H18N2O7S/c1-15-5-11-20(12-6-15)32(29,30)23-18-9-7-16(8-10-18)21(25)14-31-22(26)17-3-2-4-19(13-17)24(27)28/h2-13,23H,14H2,1H3. The molecule has 0 aromatic heterocycles. The average molecular weight is 454 g/mol. The van der Waals surface area contributed by atoms with Gasteiger partial charge >= 0.3 is 5.97 Å². The highest BCUT2D eigenvalue weighted by Gasteiger charge is 2.16. The van der Waals surface area contributed by atoms with Gasteiger partial charge in [-0.3, -0.25) is 19.6 Å². The van der Waals surface area contributed by atoms with E-state index < -0.39 is 33.3 Å². The molecule has 0 amide bonds. The van der Waals surface area contributed by atoms with Gasteiger partial charge in [0.15, 0.2) is 12.4 Å². The first-order valence-electron chi connectivity index (χ1n) is 9.30. The first-order valence-corrected chi connectivity index (χ1v) is 10.8. The van der Waals surface area contributed by atoms with E-state index in [0.717, 1.165) is 11.6 Å². The zero-order valence-electron chi connectivity index (χ0n) is 16.8. The zero-order valence-corrected chi connectivity index (χ0v) is 17.7. The number of Topliss-reactive ketones (excluding diaryl/α,β-unsaturated/α-hetero) is 1. The number of carbonyl (C=O) groups is 2. The minimum Gasteiger partial charge on any atom is -0.454 e. The summed E-state index contributed by atoms with van der Waals surface area (Å²) in [6.07, 6.45) is 0. The van der Waals surface area contributed by atoms with Crippen molar-refractivity contribution < 1.29 is 27.7 Å². The lowest BCUT2D eigenvalue weighted by Crippen LogP contribution is -2.15.